The molecule has 1 aromatic carbocycles. The molecule has 0 heterocycles. The van der Waals surface area contributed by atoms with Gasteiger partial charge in [-0.05, 0) is 37.5 Å². The second-order valence-corrected chi connectivity index (χ2v) is 3.52. The number of hydrogen-bond acceptors (Lipinski definition) is 1. The Balaban J connectivity index is 3.11. The molecule has 2 unspecified atom stereocenters. The number of alkyl halides is 1. The number of benzene rings is 1. The standard InChI is InChI=1S/C11H16FN/c1-7-4-5-10(8(2)12)6-11(7)9(3)13/h4-6,8-9H,13H2,1-3H3. The topological polar surface area (TPSA) is 26.0 Å². The normalized spacial score (nSPS) is 15.5. The molecule has 1 aromatic rings. The molecule has 0 aliphatic rings. The lowest BCUT2D eigenvalue weighted by atomic mass is 9.99. The quantitative estimate of drug-likeness (QED) is 0.745. The second kappa shape index (κ2) is 3.88. The van der Waals surface area contributed by atoms with Crippen molar-refractivity contribution in [3.8, 4) is 0 Å². The predicted octanol–water partition coefficient (Wildman–Crippen LogP) is 3.05. The van der Waals surface area contributed by atoms with Crippen LogP contribution in [0.25, 0.3) is 0 Å². The minimum Gasteiger partial charge on any atom is -0.324 e. The fourth-order valence-electron chi connectivity index (χ4n) is 1.40. The van der Waals surface area contributed by atoms with Crippen molar-refractivity contribution in [3.63, 3.8) is 0 Å². The zero-order chi connectivity index (χ0) is 10.0. The summed E-state index contributed by atoms with van der Waals surface area (Å²) < 4.78 is 13.0. The molecule has 0 aliphatic heterocycles. The maximum atomic E-state index is 13.0. The third-order valence-electron chi connectivity index (χ3n) is 2.25. The zero-order valence-corrected chi connectivity index (χ0v) is 8.34. The lowest BCUT2D eigenvalue weighted by Gasteiger charge is -2.12. The van der Waals surface area contributed by atoms with E-state index in [1.54, 1.807) is 0 Å². The van der Waals surface area contributed by atoms with Crippen molar-refractivity contribution in [2.75, 3.05) is 0 Å². The van der Waals surface area contributed by atoms with Crippen molar-refractivity contribution in [3.05, 3.63) is 34.9 Å². The van der Waals surface area contributed by atoms with E-state index in [1.165, 1.54) is 6.92 Å². The third-order valence-corrected chi connectivity index (χ3v) is 2.25. The van der Waals surface area contributed by atoms with E-state index in [2.05, 4.69) is 0 Å². The van der Waals surface area contributed by atoms with Gasteiger partial charge in [-0.1, -0.05) is 18.2 Å². The van der Waals surface area contributed by atoms with Crippen LogP contribution in [0.2, 0.25) is 0 Å². The molecule has 0 saturated carbocycles. The van der Waals surface area contributed by atoms with Gasteiger partial charge in [-0.3, -0.25) is 0 Å². The molecule has 13 heavy (non-hydrogen) atoms. The van der Waals surface area contributed by atoms with E-state index in [4.69, 9.17) is 5.73 Å². The molecule has 2 heteroatoms. The molecule has 2 N–H and O–H groups in total. The van der Waals surface area contributed by atoms with Gasteiger partial charge in [0.2, 0.25) is 0 Å². The van der Waals surface area contributed by atoms with E-state index in [1.807, 2.05) is 32.0 Å². The molecule has 72 valence electrons. The van der Waals surface area contributed by atoms with Crippen molar-refractivity contribution in [2.24, 2.45) is 5.73 Å². The molecule has 0 fully saturated rings. The average molecular weight is 181 g/mol. The molecule has 0 amide bonds. The van der Waals surface area contributed by atoms with Crippen LogP contribution in [-0.4, -0.2) is 0 Å². The van der Waals surface area contributed by atoms with Gasteiger partial charge in [0, 0.05) is 6.04 Å². The molecule has 0 saturated heterocycles. The first kappa shape index (κ1) is 10.2. The van der Waals surface area contributed by atoms with E-state index in [0.717, 1.165) is 11.1 Å². The molecule has 0 radical (unpaired) electrons. The van der Waals surface area contributed by atoms with Gasteiger partial charge >= 0.3 is 0 Å². The molecule has 1 nitrogen and oxygen atoms in total. The summed E-state index contributed by atoms with van der Waals surface area (Å²) in [5.74, 6) is 0. The SMILES string of the molecule is Cc1ccc(C(C)F)cc1C(C)N. The lowest BCUT2D eigenvalue weighted by Crippen LogP contribution is -2.07. The van der Waals surface area contributed by atoms with Crippen LogP contribution in [0.15, 0.2) is 18.2 Å². The van der Waals surface area contributed by atoms with E-state index < -0.39 is 6.17 Å². The number of halogens is 1. The summed E-state index contributed by atoms with van der Waals surface area (Å²) in [6.45, 7) is 5.44. The third kappa shape index (κ3) is 2.28. The van der Waals surface area contributed by atoms with Crippen molar-refractivity contribution in [2.45, 2.75) is 33.0 Å². The highest BCUT2D eigenvalue weighted by Gasteiger charge is 2.08. The molecule has 0 spiro atoms. The molecule has 0 bridgehead atoms. The van der Waals surface area contributed by atoms with Gasteiger partial charge < -0.3 is 5.73 Å². The van der Waals surface area contributed by atoms with Crippen molar-refractivity contribution >= 4 is 0 Å². The van der Waals surface area contributed by atoms with Gasteiger partial charge in [0.05, 0.1) is 0 Å². The lowest BCUT2D eigenvalue weighted by molar-refractivity contribution is 0.374. The molecular weight excluding hydrogens is 165 g/mol. The Labute approximate surface area is 78.8 Å². The summed E-state index contributed by atoms with van der Waals surface area (Å²) in [6, 6.07) is 5.56. The first-order valence-corrected chi connectivity index (χ1v) is 4.52. The fourth-order valence-corrected chi connectivity index (χ4v) is 1.40. The van der Waals surface area contributed by atoms with Crippen LogP contribution in [0, 0.1) is 6.92 Å². The molecule has 2 atom stereocenters. The average Bonchev–Trinajstić information content (AvgIpc) is 2.04. The minimum atomic E-state index is -0.918. The fraction of sp³-hybridized carbons (Fsp3) is 0.455. The molecule has 0 aromatic heterocycles. The Hall–Kier alpha value is -0.890. The maximum Gasteiger partial charge on any atom is 0.122 e. The Bertz CT molecular complexity index is 292. The largest absolute Gasteiger partial charge is 0.324 e. The van der Waals surface area contributed by atoms with Crippen molar-refractivity contribution in [1.29, 1.82) is 0 Å². The first-order chi connectivity index (χ1) is 6.02. The summed E-state index contributed by atoms with van der Waals surface area (Å²) in [6.07, 6.45) is -0.918. The van der Waals surface area contributed by atoms with E-state index >= 15 is 0 Å². The maximum absolute atomic E-state index is 13.0. The van der Waals surface area contributed by atoms with Crippen LogP contribution in [0.1, 0.15) is 42.8 Å². The number of aryl methyl sites for hydroxylation is 1. The zero-order valence-electron chi connectivity index (χ0n) is 8.34. The molecular formula is C11H16FN. The summed E-state index contributed by atoms with van der Waals surface area (Å²) in [4.78, 5) is 0. The summed E-state index contributed by atoms with van der Waals surface area (Å²) in [7, 11) is 0. The van der Waals surface area contributed by atoms with Crippen LogP contribution in [0.3, 0.4) is 0 Å². The van der Waals surface area contributed by atoms with Crippen LogP contribution in [0.4, 0.5) is 4.39 Å². The first-order valence-electron chi connectivity index (χ1n) is 4.52. The highest BCUT2D eigenvalue weighted by atomic mass is 19.1. The predicted molar refractivity (Wildman–Crippen MR) is 53.3 cm³/mol. The van der Waals surface area contributed by atoms with Crippen LogP contribution >= 0.6 is 0 Å². The second-order valence-electron chi connectivity index (χ2n) is 3.52. The summed E-state index contributed by atoms with van der Waals surface area (Å²) in [5, 5.41) is 0. The van der Waals surface area contributed by atoms with E-state index in [9.17, 15) is 4.39 Å². The van der Waals surface area contributed by atoms with Gasteiger partial charge in [-0.25, -0.2) is 4.39 Å². The van der Waals surface area contributed by atoms with Gasteiger partial charge in [0.25, 0.3) is 0 Å². The van der Waals surface area contributed by atoms with E-state index in [0.29, 0.717) is 5.56 Å². The smallest absolute Gasteiger partial charge is 0.122 e. The highest BCUT2D eigenvalue weighted by molar-refractivity contribution is 5.33. The van der Waals surface area contributed by atoms with Gasteiger partial charge in [0.1, 0.15) is 6.17 Å². The molecule has 0 aliphatic carbocycles. The summed E-state index contributed by atoms with van der Waals surface area (Å²) in [5.41, 5.74) is 8.62. The van der Waals surface area contributed by atoms with Crippen LogP contribution in [0.5, 0.6) is 0 Å². The van der Waals surface area contributed by atoms with E-state index in [-0.39, 0.29) is 6.04 Å². The van der Waals surface area contributed by atoms with Gasteiger partial charge in [0.15, 0.2) is 0 Å². The Morgan fingerprint density at radius 3 is 2.38 bits per heavy atom. The highest BCUT2D eigenvalue weighted by Crippen LogP contribution is 2.22. The van der Waals surface area contributed by atoms with Crippen LogP contribution in [-0.2, 0) is 0 Å². The minimum absolute atomic E-state index is 0.0290. The Morgan fingerprint density at radius 2 is 1.92 bits per heavy atom. The van der Waals surface area contributed by atoms with Gasteiger partial charge in [-0.15, -0.1) is 0 Å². The Kier molecular flexibility index (Phi) is 3.04. The monoisotopic (exact) mass is 181 g/mol. The summed E-state index contributed by atoms with van der Waals surface area (Å²) >= 11 is 0. The number of nitrogens with two attached hydrogens (primary N) is 1. The van der Waals surface area contributed by atoms with Crippen molar-refractivity contribution < 1.29 is 4.39 Å². The number of rotatable bonds is 2. The van der Waals surface area contributed by atoms with Gasteiger partial charge in [-0.2, -0.15) is 0 Å². The molecule has 1 rings (SSSR count). The Morgan fingerprint density at radius 1 is 1.31 bits per heavy atom. The van der Waals surface area contributed by atoms with Crippen molar-refractivity contribution in [1.82, 2.24) is 0 Å². The van der Waals surface area contributed by atoms with Crippen LogP contribution < -0.4 is 5.73 Å². The number of hydrogen-bond donors (Lipinski definition) is 1.